The Hall–Kier alpha value is -1.91. The van der Waals surface area contributed by atoms with Gasteiger partial charge in [-0.05, 0) is 43.5 Å². The molecule has 0 radical (unpaired) electrons. The number of benzene rings is 1. The van der Waals surface area contributed by atoms with E-state index in [0.29, 0.717) is 11.5 Å². The number of carbonyl (C=O) groups is 1. The molecule has 1 amide bonds. The fraction of sp³-hybridized carbons (Fsp3) is 0.556. The summed E-state index contributed by atoms with van der Waals surface area (Å²) in [4.78, 5) is 12.3. The zero-order valence-corrected chi connectivity index (χ0v) is 15.9. The number of rotatable bonds is 10. The van der Waals surface area contributed by atoms with E-state index in [0.717, 1.165) is 19.3 Å². The van der Waals surface area contributed by atoms with Gasteiger partial charge < -0.3 is 5.32 Å². The maximum Gasteiger partial charge on any atom is 0.251 e. The first-order chi connectivity index (χ1) is 11.8. The van der Waals surface area contributed by atoms with Crippen LogP contribution >= 0.6 is 0 Å². The average Bonchev–Trinajstić information content (AvgIpc) is 2.54. The number of amides is 1. The fourth-order valence-electron chi connectivity index (χ4n) is 2.32. The molecule has 0 aliphatic heterocycles. The molecular weight excluding hydrogens is 338 g/mol. The summed E-state index contributed by atoms with van der Waals surface area (Å²) in [6, 6.07) is 7.73. The summed E-state index contributed by atoms with van der Waals surface area (Å²) >= 11 is 0. The molecule has 0 saturated heterocycles. The van der Waals surface area contributed by atoms with Crippen molar-refractivity contribution in [2.24, 2.45) is 5.92 Å². The fourth-order valence-corrected chi connectivity index (χ4v) is 3.35. The Morgan fingerprint density at radius 1 is 1.16 bits per heavy atom. The molecule has 0 spiro atoms. The van der Waals surface area contributed by atoms with Crippen LogP contribution < -0.4 is 10.0 Å². The highest BCUT2D eigenvalue weighted by Gasteiger charge is 2.15. The number of nitrogens with zero attached hydrogens (tertiary/aromatic N) is 1. The van der Waals surface area contributed by atoms with Crippen LogP contribution in [-0.4, -0.2) is 26.9 Å². The molecule has 1 unspecified atom stereocenters. The van der Waals surface area contributed by atoms with Crippen LogP contribution in [0.5, 0.6) is 0 Å². The van der Waals surface area contributed by atoms with Crippen LogP contribution in [0.15, 0.2) is 29.2 Å². The van der Waals surface area contributed by atoms with Gasteiger partial charge in [-0.25, -0.2) is 13.1 Å². The van der Waals surface area contributed by atoms with Gasteiger partial charge in [0.2, 0.25) is 10.0 Å². The predicted octanol–water partition coefficient (Wildman–Crippen LogP) is 2.82. The van der Waals surface area contributed by atoms with E-state index in [1.54, 1.807) is 0 Å². The van der Waals surface area contributed by atoms with Crippen LogP contribution in [0.2, 0.25) is 0 Å². The summed E-state index contributed by atoms with van der Waals surface area (Å²) < 4.78 is 26.4. The average molecular weight is 365 g/mol. The summed E-state index contributed by atoms with van der Waals surface area (Å²) in [5, 5.41) is 11.4. The van der Waals surface area contributed by atoms with Gasteiger partial charge in [0, 0.05) is 24.6 Å². The first kappa shape index (κ1) is 21.1. The molecule has 25 heavy (non-hydrogen) atoms. The molecule has 1 rings (SSSR count). The Kier molecular flexibility index (Phi) is 8.59. The standard InChI is InChI=1S/C18H27N3O3S/c1-14(2)6-4-7-15(3)21-18(22)16-8-10-17(11-9-16)25(23,24)20-13-5-12-19/h8-11,14-15,20H,4-7,13H2,1-3H3,(H,21,22). The second-order valence-corrected chi connectivity index (χ2v) is 8.30. The van der Waals surface area contributed by atoms with Crippen LogP contribution in [0.25, 0.3) is 0 Å². The van der Waals surface area contributed by atoms with Gasteiger partial charge in [0.1, 0.15) is 0 Å². The molecule has 0 aromatic heterocycles. The molecule has 0 aliphatic carbocycles. The molecule has 138 valence electrons. The lowest BCUT2D eigenvalue weighted by Gasteiger charge is -2.15. The third kappa shape index (κ3) is 7.67. The molecule has 0 saturated carbocycles. The molecular formula is C18H27N3O3S. The molecule has 0 heterocycles. The summed E-state index contributed by atoms with van der Waals surface area (Å²) in [5.41, 5.74) is 0.423. The van der Waals surface area contributed by atoms with E-state index in [2.05, 4.69) is 23.9 Å². The van der Waals surface area contributed by atoms with Crippen molar-refractivity contribution in [1.29, 1.82) is 5.26 Å². The van der Waals surface area contributed by atoms with Gasteiger partial charge in [0.15, 0.2) is 0 Å². The second kappa shape index (κ2) is 10.2. The van der Waals surface area contributed by atoms with Crippen LogP contribution in [-0.2, 0) is 10.0 Å². The molecule has 7 heteroatoms. The number of nitriles is 1. The zero-order chi connectivity index (χ0) is 18.9. The molecule has 1 aromatic rings. The monoisotopic (exact) mass is 365 g/mol. The van der Waals surface area contributed by atoms with E-state index in [1.807, 2.05) is 13.0 Å². The molecule has 0 bridgehead atoms. The predicted molar refractivity (Wildman–Crippen MR) is 97.5 cm³/mol. The highest BCUT2D eigenvalue weighted by molar-refractivity contribution is 7.89. The van der Waals surface area contributed by atoms with E-state index in [4.69, 9.17) is 5.26 Å². The van der Waals surface area contributed by atoms with Crippen molar-refractivity contribution in [2.75, 3.05) is 6.54 Å². The number of hydrogen-bond donors (Lipinski definition) is 2. The lowest BCUT2D eigenvalue weighted by molar-refractivity contribution is 0.0937. The molecule has 0 aliphatic rings. The van der Waals surface area contributed by atoms with Crippen molar-refractivity contribution < 1.29 is 13.2 Å². The van der Waals surface area contributed by atoms with Crippen molar-refractivity contribution in [3.63, 3.8) is 0 Å². The highest BCUT2D eigenvalue weighted by atomic mass is 32.2. The summed E-state index contributed by atoms with van der Waals surface area (Å²) in [5.74, 6) is 0.442. The first-order valence-electron chi connectivity index (χ1n) is 8.54. The normalized spacial score (nSPS) is 12.6. The van der Waals surface area contributed by atoms with Crippen molar-refractivity contribution in [3.8, 4) is 6.07 Å². The topological polar surface area (TPSA) is 99.1 Å². The SMILES string of the molecule is CC(C)CCCC(C)NC(=O)c1ccc(S(=O)(=O)NCCC#N)cc1. The quantitative estimate of drug-likeness (QED) is 0.623. The summed E-state index contributed by atoms with van der Waals surface area (Å²) in [7, 11) is -3.65. The van der Waals surface area contributed by atoms with Crippen molar-refractivity contribution >= 4 is 15.9 Å². The first-order valence-corrected chi connectivity index (χ1v) is 10.0. The molecule has 0 fully saturated rings. The lowest BCUT2D eigenvalue weighted by Crippen LogP contribution is -2.32. The third-order valence-corrected chi connectivity index (χ3v) is 5.23. The van der Waals surface area contributed by atoms with Crippen LogP contribution in [0.1, 0.15) is 56.8 Å². The number of carbonyl (C=O) groups excluding carboxylic acids is 1. The van der Waals surface area contributed by atoms with Crippen molar-refractivity contribution in [3.05, 3.63) is 29.8 Å². The van der Waals surface area contributed by atoms with Gasteiger partial charge in [-0.15, -0.1) is 0 Å². The molecule has 1 atom stereocenters. The van der Waals surface area contributed by atoms with E-state index in [1.165, 1.54) is 24.3 Å². The van der Waals surface area contributed by atoms with E-state index >= 15 is 0 Å². The van der Waals surface area contributed by atoms with Crippen LogP contribution in [0, 0.1) is 17.2 Å². The van der Waals surface area contributed by atoms with Gasteiger partial charge in [-0.3, -0.25) is 4.79 Å². The minimum absolute atomic E-state index is 0.0644. The Bertz CT molecular complexity index is 691. The lowest BCUT2D eigenvalue weighted by atomic mass is 10.0. The zero-order valence-electron chi connectivity index (χ0n) is 15.1. The highest BCUT2D eigenvalue weighted by Crippen LogP contribution is 2.12. The Morgan fingerprint density at radius 3 is 2.36 bits per heavy atom. The largest absolute Gasteiger partial charge is 0.350 e. The van der Waals surface area contributed by atoms with Gasteiger partial charge in [-0.2, -0.15) is 5.26 Å². The summed E-state index contributed by atoms with van der Waals surface area (Å²) in [6.07, 6.45) is 3.21. The van der Waals surface area contributed by atoms with E-state index in [9.17, 15) is 13.2 Å². The number of hydrogen-bond acceptors (Lipinski definition) is 4. The minimum Gasteiger partial charge on any atom is -0.350 e. The van der Waals surface area contributed by atoms with Crippen LogP contribution in [0.3, 0.4) is 0 Å². The Labute approximate surface area is 150 Å². The number of sulfonamides is 1. The smallest absolute Gasteiger partial charge is 0.251 e. The van der Waals surface area contributed by atoms with E-state index in [-0.39, 0.29) is 29.8 Å². The molecule has 1 aromatic carbocycles. The van der Waals surface area contributed by atoms with Crippen molar-refractivity contribution in [2.45, 2.75) is 57.4 Å². The van der Waals surface area contributed by atoms with Gasteiger partial charge >= 0.3 is 0 Å². The maximum atomic E-state index is 12.2. The maximum absolute atomic E-state index is 12.2. The number of nitrogens with one attached hydrogen (secondary N) is 2. The third-order valence-electron chi connectivity index (χ3n) is 3.75. The van der Waals surface area contributed by atoms with Gasteiger partial charge in [0.25, 0.3) is 5.91 Å². The minimum atomic E-state index is -3.65. The summed E-state index contributed by atoms with van der Waals surface area (Å²) in [6.45, 7) is 6.38. The Morgan fingerprint density at radius 2 is 1.80 bits per heavy atom. The Balaban J connectivity index is 2.60. The molecule has 2 N–H and O–H groups in total. The van der Waals surface area contributed by atoms with Crippen molar-refractivity contribution in [1.82, 2.24) is 10.0 Å². The van der Waals surface area contributed by atoms with E-state index < -0.39 is 10.0 Å². The second-order valence-electron chi connectivity index (χ2n) is 6.53. The van der Waals surface area contributed by atoms with Gasteiger partial charge in [0.05, 0.1) is 11.0 Å². The molecule has 6 nitrogen and oxygen atoms in total. The van der Waals surface area contributed by atoms with Gasteiger partial charge in [-0.1, -0.05) is 26.7 Å². The van der Waals surface area contributed by atoms with Crippen LogP contribution in [0.4, 0.5) is 0 Å².